The van der Waals surface area contributed by atoms with Crippen molar-refractivity contribution >= 4 is 94.9 Å². The van der Waals surface area contributed by atoms with Crippen LogP contribution >= 0.6 is 43.5 Å². The van der Waals surface area contributed by atoms with E-state index in [1.165, 1.54) is 40.2 Å². The first-order chi connectivity index (χ1) is 37.6. The molecular weight excluding hydrogens is 1210 g/mol. The third-order valence-electron chi connectivity index (χ3n) is 14.7. The molecule has 3 heterocycles. The summed E-state index contributed by atoms with van der Waals surface area (Å²) in [4.78, 5) is 35.6. The predicted molar refractivity (Wildman–Crippen MR) is 319 cm³/mol. The number of nitrogens with one attached hydrogen (secondary N) is 1. The van der Waals surface area contributed by atoms with E-state index in [-0.39, 0.29) is 53.4 Å². The summed E-state index contributed by atoms with van der Waals surface area (Å²) in [6.45, 7) is 11.6. The lowest BCUT2D eigenvalue weighted by atomic mass is 9.81. The van der Waals surface area contributed by atoms with Crippen LogP contribution in [0.3, 0.4) is 0 Å². The number of esters is 1. The van der Waals surface area contributed by atoms with Crippen LogP contribution in [0.25, 0.3) is 10.9 Å². The third kappa shape index (κ3) is 15.0. The van der Waals surface area contributed by atoms with Crippen molar-refractivity contribution in [3.63, 3.8) is 0 Å². The smallest absolute Gasteiger partial charge is 0.305 e. The second kappa shape index (κ2) is 28.1. The molecule has 2 N–H and O–H groups in total. The Kier molecular flexibility index (Phi) is 21.6. The van der Waals surface area contributed by atoms with Crippen molar-refractivity contribution in [2.24, 2.45) is 0 Å². The molecule has 3 aliphatic rings. The molecule has 0 amide bonds. The van der Waals surface area contributed by atoms with Gasteiger partial charge in [-0.15, -0.1) is 6.42 Å². The van der Waals surface area contributed by atoms with Gasteiger partial charge >= 0.3 is 11.9 Å². The highest BCUT2D eigenvalue weighted by molar-refractivity contribution is 9.10. The van der Waals surface area contributed by atoms with Crippen LogP contribution in [-0.4, -0.2) is 83.9 Å². The molecule has 0 saturated heterocycles. The minimum Gasteiger partial charge on any atom is -1.00 e. The normalized spacial score (nSPS) is 16.3. The maximum absolute atomic E-state index is 13.0. The minimum atomic E-state index is -0.748. The Hall–Kier alpha value is -5.76. The van der Waals surface area contributed by atoms with Crippen molar-refractivity contribution in [2.75, 3.05) is 56.8 Å². The number of hydrogen-bond acceptors (Lipinski definition) is 10. The molecule has 0 atom stereocenters. The first-order valence-electron chi connectivity index (χ1n) is 26.8. The molecular formula is C63H69Br3ClN5O7. The van der Waals surface area contributed by atoms with E-state index < -0.39 is 5.97 Å². The molecule has 416 valence electrons. The van der Waals surface area contributed by atoms with E-state index in [9.17, 15) is 14.7 Å². The number of aliphatic carboxylic acids is 1. The van der Waals surface area contributed by atoms with Crippen molar-refractivity contribution in [1.82, 2.24) is 9.97 Å². The largest absolute Gasteiger partial charge is 1.00 e. The second-order valence-electron chi connectivity index (χ2n) is 20.8. The zero-order chi connectivity index (χ0) is 55.4. The second-order valence-corrected chi connectivity index (χ2v) is 23.1. The Labute approximate surface area is 497 Å². The number of allylic oxidation sites excluding steroid dienone is 8. The summed E-state index contributed by atoms with van der Waals surface area (Å²) in [5.74, 6) is 3.16. The van der Waals surface area contributed by atoms with Gasteiger partial charge in [-0.1, -0.05) is 87.9 Å². The highest BCUT2D eigenvalue weighted by Gasteiger charge is 2.44. The fourth-order valence-electron chi connectivity index (χ4n) is 10.6. The van der Waals surface area contributed by atoms with Crippen molar-refractivity contribution in [3.05, 3.63) is 151 Å². The summed E-state index contributed by atoms with van der Waals surface area (Å²) >= 11 is 14.8. The lowest BCUT2D eigenvalue weighted by Crippen LogP contribution is -3.00. The number of nitrogens with zero attached hydrogens (tertiary/aromatic N) is 4. The number of unbranched alkanes of at least 4 members (excludes halogenated alkanes) is 4. The number of hydrogen-bond donors (Lipinski definition) is 2. The lowest BCUT2D eigenvalue weighted by Gasteiger charge is -2.27. The SMILES string of the molecule is C#Cc1cccc(Nc2ncnc3cc(OCCOC)c(OCCOC(=O)CCCCCN4/C(=C/C=C5\CCCC(/C=C/C6=[N+](CCCCCC(=O)O)c7ccc(Br)cc7C6(C)C)=C5Cl)C(C)(C)c5cc(Br)ccc54)cc23)c1.[Br-]. The van der Waals surface area contributed by atoms with E-state index in [1.54, 1.807) is 13.2 Å². The number of carboxylic acids is 1. The van der Waals surface area contributed by atoms with Gasteiger partial charge in [0.25, 0.3) is 0 Å². The summed E-state index contributed by atoms with van der Waals surface area (Å²) < 4.78 is 27.6. The van der Waals surface area contributed by atoms with Gasteiger partial charge in [-0.25, -0.2) is 9.97 Å². The summed E-state index contributed by atoms with van der Waals surface area (Å²) in [6, 6.07) is 24.2. The van der Waals surface area contributed by atoms with E-state index >= 15 is 0 Å². The minimum absolute atomic E-state index is 0. The van der Waals surface area contributed by atoms with E-state index in [4.69, 9.17) is 37.0 Å². The van der Waals surface area contributed by atoms with Crippen LogP contribution in [0.2, 0.25) is 0 Å². The zero-order valence-electron chi connectivity index (χ0n) is 45.6. The van der Waals surface area contributed by atoms with Gasteiger partial charge in [-0.05, 0) is 136 Å². The number of methoxy groups -OCH3 is 1. The Morgan fingerprint density at radius 3 is 2.34 bits per heavy atom. The fraction of sp³-hybridized carbons (Fsp3) is 0.381. The number of aromatic nitrogens is 2. The number of terminal acetylenes is 1. The number of fused-ring (bicyclic) bond motifs is 3. The number of ether oxygens (including phenoxy) is 4. The van der Waals surface area contributed by atoms with Gasteiger partial charge in [0.2, 0.25) is 5.69 Å². The van der Waals surface area contributed by atoms with Crippen molar-refractivity contribution in [1.29, 1.82) is 0 Å². The number of carbonyl (C=O) groups is 2. The van der Waals surface area contributed by atoms with Gasteiger partial charge in [0.1, 0.15) is 38.5 Å². The first kappa shape index (κ1) is 60.9. The fourth-order valence-corrected chi connectivity index (χ4v) is 11.6. The van der Waals surface area contributed by atoms with Crippen LogP contribution in [0.5, 0.6) is 11.5 Å². The number of benzene rings is 4. The van der Waals surface area contributed by atoms with Crippen LogP contribution in [0, 0.1) is 12.3 Å². The highest BCUT2D eigenvalue weighted by Crippen LogP contribution is 2.49. The summed E-state index contributed by atoms with van der Waals surface area (Å²) in [6.07, 6.45) is 24.2. The molecule has 0 saturated carbocycles. The molecule has 1 aliphatic carbocycles. The molecule has 0 radical (unpaired) electrons. The summed E-state index contributed by atoms with van der Waals surface area (Å²) in [7, 11) is 1.61. The molecule has 0 fully saturated rings. The van der Waals surface area contributed by atoms with Crippen LogP contribution in [0.15, 0.2) is 134 Å². The number of halogens is 4. The average Bonchev–Trinajstić information content (AvgIpc) is 3.98. The molecule has 12 nitrogen and oxygen atoms in total. The van der Waals surface area contributed by atoms with Gasteiger partial charge in [0.05, 0.1) is 17.5 Å². The van der Waals surface area contributed by atoms with E-state index in [1.807, 2.05) is 30.3 Å². The van der Waals surface area contributed by atoms with Crippen molar-refractivity contribution in [3.8, 4) is 23.8 Å². The summed E-state index contributed by atoms with van der Waals surface area (Å²) in [5.41, 5.74) is 11.2. The van der Waals surface area contributed by atoms with Gasteiger partial charge in [-0.2, -0.15) is 4.58 Å². The van der Waals surface area contributed by atoms with Crippen LogP contribution in [0.4, 0.5) is 22.9 Å². The van der Waals surface area contributed by atoms with Gasteiger partial charge < -0.3 is 51.3 Å². The zero-order valence-corrected chi connectivity index (χ0v) is 51.1. The Balaban J connectivity index is 0.00000903. The molecule has 2 aliphatic heterocycles. The van der Waals surface area contributed by atoms with E-state index in [2.05, 4.69) is 151 Å². The molecule has 8 rings (SSSR count). The lowest BCUT2D eigenvalue weighted by molar-refractivity contribution is -0.438. The number of carbonyl (C=O) groups excluding carboxylic acids is 1. The van der Waals surface area contributed by atoms with E-state index in [0.717, 1.165) is 94.4 Å². The van der Waals surface area contributed by atoms with E-state index in [0.29, 0.717) is 60.7 Å². The van der Waals surface area contributed by atoms with Crippen LogP contribution in [-0.2, 0) is 29.9 Å². The molecule has 0 bridgehead atoms. The maximum Gasteiger partial charge on any atom is 0.305 e. The first-order valence-corrected chi connectivity index (χ1v) is 28.8. The number of carboxylic acid groups (broad SMARTS) is 1. The van der Waals surface area contributed by atoms with Gasteiger partial charge in [0, 0.05) is 104 Å². The molecule has 0 spiro atoms. The molecule has 5 aromatic rings. The Bertz CT molecular complexity index is 3250. The topological polar surface area (TPSA) is 135 Å². The molecule has 16 heteroatoms. The molecule has 1 aromatic heterocycles. The Morgan fingerprint density at radius 1 is 0.835 bits per heavy atom. The summed E-state index contributed by atoms with van der Waals surface area (Å²) in [5, 5.41) is 14.1. The van der Waals surface area contributed by atoms with Crippen LogP contribution < -0.4 is 36.7 Å². The van der Waals surface area contributed by atoms with Crippen molar-refractivity contribution < 1.29 is 55.2 Å². The highest BCUT2D eigenvalue weighted by atomic mass is 79.9. The van der Waals surface area contributed by atoms with Crippen molar-refractivity contribution in [2.45, 2.75) is 109 Å². The molecule has 0 unspecified atom stereocenters. The van der Waals surface area contributed by atoms with Gasteiger partial charge in [-0.3, -0.25) is 9.59 Å². The molecule has 79 heavy (non-hydrogen) atoms. The predicted octanol–water partition coefficient (Wildman–Crippen LogP) is 12.0. The maximum atomic E-state index is 13.0. The molecule has 4 aromatic carbocycles. The Morgan fingerprint density at radius 2 is 1.57 bits per heavy atom. The van der Waals surface area contributed by atoms with Gasteiger partial charge in [0.15, 0.2) is 17.2 Å². The quantitative estimate of drug-likeness (QED) is 0.0250. The van der Waals surface area contributed by atoms with Crippen LogP contribution in [0.1, 0.15) is 115 Å². The monoisotopic (exact) mass is 1280 g/mol. The third-order valence-corrected chi connectivity index (χ3v) is 16.2. The average molecular weight is 1280 g/mol. The number of anilines is 3. The number of rotatable bonds is 25. The standard InChI is InChI=1S/C63H68Br2ClN5O7.BrH/c1-7-42-16-14-19-47(36-42)69-61-48-39-54(55(76-33-32-75-6)40-51(48)67-41-68-61)77-34-35-78-59(74)21-11-9-13-31-71-53-27-25-46(65)38-50(53)63(4,5)57(71)29-23-44-18-15-17-43(60(44)66)22-28-56-62(2,3)49-37-45(64)24-26-52(49)70(56)30-12-8-10-20-58(72)73;/h1,14,16,19,22-29,36-41H,8-13,15,17-18,20-21,30-35H2,2-6H3,(H-,67,68,69,72,73);1H.